The van der Waals surface area contributed by atoms with Crippen LogP contribution in [-0.4, -0.2) is 39.6 Å². The summed E-state index contributed by atoms with van der Waals surface area (Å²) in [5, 5.41) is 31.9. The Hall–Kier alpha value is -3.82. The molecule has 1 aliphatic rings. The minimum absolute atomic E-state index is 0.0517. The molecule has 25 heavy (non-hydrogen) atoms. The Morgan fingerprint density at radius 1 is 1.08 bits per heavy atom. The van der Waals surface area contributed by atoms with E-state index in [1.807, 2.05) is 0 Å². The van der Waals surface area contributed by atoms with Crippen LogP contribution in [0.5, 0.6) is 0 Å². The molecule has 0 amide bonds. The molecule has 0 bridgehead atoms. The van der Waals surface area contributed by atoms with E-state index in [1.165, 1.54) is 12.1 Å². The molecule has 1 heterocycles. The molecule has 128 valence electrons. The molecule has 2 rings (SSSR count). The molecule has 0 radical (unpaired) electrons. The van der Waals surface area contributed by atoms with Crippen molar-refractivity contribution in [2.75, 3.05) is 0 Å². The minimum Gasteiger partial charge on any atom is -0.478 e. The number of dihydropyridines is 1. The molecule has 10 heteroatoms. The monoisotopic (exact) mass is 346 g/mol. The van der Waals surface area contributed by atoms with Crippen molar-refractivity contribution in [1.29, 1.82) is 0 Å². The van der Waals surface area contributed by atoms with Gasteiger partial charge in [0.25, 0.3) is 5.69 Å². The summed E-state index contributed by atoms with van der Waals surface area (Å²) in [6.07, 6.45) is 0.270. The topological polar surface area (TPSA) is 164 Å². The lowest BCUT2D eigenvalue weighted by Crippen LogP contribution is -2.33. The summed E-state index contributed by atoms with van der Waals surface area (Å²) >= 11 is 0. The molecule has 0 atom stereocenters. The number of benzene rings is 1. The van der Waals surface area contributed by atoms with Crippen molar-refractivity contribution in [1.82, 2.24) is 5.32 Å². The van der Waals surface area contributed by atoms with Gasteiger partial charge < -0.3 is 15.5 Å². The van der Waals surface area contributed by atoms with Gasteiger partial charge in [-0.05, 0) is 5.56 Å². The molecule has 0 aromatic heterocycles. The van der Waals surface area contributed by atoms with Crippen LogP contribution in [0, 0.1) is 10.1 Å². The fourth-order valence-electron chi connectivity index (χ4n) is 2.55. The number of non-ortho nitro benzene ring substituents is 1. The summed E-state index contributed by atoms with van der Waals surface area (Å²) in [6.45, 7) is 0. The van der Waals surface area contributed by atoms with E-state index in [1.54, 1.807) is 0 Å². The minimum atomic E-state index is -1.60. The van der Waals surface area contributed by atoms with E-state index in [9.17, 15) is 39.5 Å². The Bertz CT molecular complexity index is 826. The number of hydrogen-bond donors (Lipinski definition) is 3. The maximum atomic E-state index is 11.6. The van der Waals surface area contributed by atoms with E-state index in [4.69, 9.17) is 0 Å². The zero-order valence-electron chi connectivity index (χ0n) is 12.3. The van der Waals surface area contributed by atoms with Gasteiger partial charge in [0.15, 0.2) is 12.6 Å². The van der Waals surface area contributed by atoms with Gasteiger partial charge in [-0.1, -0.05) is 12.1 Å². The highest BCUT2D eigenvalue weighted by Gasteiger charge is 2.39. The summed E-state index contributed by atoms with van der Waals surface area (Å²) in [5.74, 6) is -4.75. The number of nitro benzene ring substituents is 1. The Kier molecular flexibility index (Phi) is 4.73. The summed E-state index contributed by atoms with van der Waals surface area (Å²) in [7, 11) is 0. The molecule has 0 unspecified atom stereocenters. The van der Waals surface area contributed by atoms with Gasteiger partial charge >= 0.3 is 11.9 Å². The Morgan fingerprint density at radius 2 is 1.60 bits per heavy atom. The number of carboxylic acids is 2. The number of aldehydes is 2. The highest BCUT2D eigenvalue weighted by atomic mass is 16.6. The lowest BCUT2D eigenvalue weighted by molar-refractivity contribution is -0.384. The van der Waals surface area contributed by atoms with Crippen LogP contribution >= 0.6 is 0 Å². The van der Waals surface area contributed by atoms with Gasteiger partial charge in [0.1, 0.15) is 0 Å². The Labute approximate surface area is 139 Å². The zero-order chi connectivity index (χ0) is 18.7. The summed E-state index contributed by atoms with van der Waals surface area (Å²) in [4.78, 5) is 55.8. The van der Waals surface area contributed by atoms with Gasteiger partial charge in [-0.2, -0.15) is 0 Å². The second-order valence-electron chi connectivity index (χ2n) is 4.91. The number of carboxylic acid groups (broad SMARTS) is 2. The number of carbonyl (C=O) groups is 4. The quantitative estimate of drug-likeness (QED) is 0.374. The Balaban J connectivity index is 2.82. The summed E-state index contributed by atoms with van der Waals surface area (Å²) in [6, 6.07) is 4.65. The van der Waals surface area contributed by atoms with Crippen LogP contribution in [0.2, 0.25) is 0 Å². The van der Waals surface area contributed by atoms with Gasteiger partial charge in [0.05, 0.1) is 33.4 Å². The van der Waals surface area contributed by atoms with Gasteiger partial charge in [0.2, 0.25) is 0 Å². The SMILES string of the molecule is O=CC1=C(C(=O)O)C(c2cccc([N+](=O)[O-])c2)C(C(=O)O)=C(C=O)N1. The molecule has 0 aliphatic carbocycles. The lowest BCUT2D eigenvalue weighted by atomic mass is 9.80. The van der Waals surface area contributed by atoms with Crippen molar-refractivity contribution in [3.05, 3.63) is 62.5 Å². The summed E-state index contributed by atoms with van der Waals surface area (Å²) in [5.41, 5.74) is -2.71. The van der Waals surface area contributed by atoms with E-state index < -0.39 is 51.0 Å². The van der Waals surface area contributed by atoms with E-state index in [-0.39, 0.29) is 18.1 Å². The Morgan fingerprint density at radius 3 is 2.00 bits per heavy atom. The van der Waals surface area contributed by atoms with Crippen molar-refractivity contribution in [2.45, 2.75) is 5.92 Å². The lowest BCUT2D eigenvalue weighted by Gasteiger charge is -2.27. The molecule has 10 nitrogen and oxygen atoms in total. The number of nitrogens with zero attached hydrogens (tertiary/aromatic N) is 1. The number of rotatable bonds is 6. The van der Waals surface area contributed by atoms with Crippen LogP contribution in [0.15, 0.2) is 46.8 Å². The van der Waals surface area contributed by atoms with Crippen LogP contribution in [0.1, 0.15) is 11.5 Å². The summed E-state index contributed by atoms with van der Waals surface area (Å²) < 4.78 is 0. The van der Waals surface area contributed by atoms with Crippen molar-refractivity contribution in [3.63, 3.8) is 0 Å². The number of allylic oxidation sites excluding steroid dienone is 2. The molecule has 1 aliphatic heterocycles. The highest BCUT2D eigenvalue weighted by molar-refractivity contribution is 6.05. The van der Waals surface area contributed by atoms with E-state index in [0.717, 1.165) is 12.1 Å². The van der Waals surface area contributed by atoms with Gasteiger partial charge in [-0.3, -0.25) is 19.7 Å². The molecule has 0 saturated heterocycles. The van der Waals surface area contributed by atoms with Crippen LogP contribution in [0.3, 0.4) is 0 Å². The van der Waals surface area contributed by atoms with Crippen molar-refractivity contribution in [3.8, 4) is 0 Å². The first-order valence-electron chi connectivity index (χ1n) is 6.68. The molecule has 0 saturated carbocycles. The first kappa shape index (κ1) is 17.5. The second-order valence-corrected chi connectivity index (χ2v) is 4.91. The van der Waals surface area contributed by atoms with Gasteiger partial charge in [-0.25, -0.2) is 9.59 Å². The molecule has 1 aromatic rings. The standard InChI is InChI=1S/C15H10N2O8/c18-5-9-12(14(20)21)11(13(15(22)23)10(6-19)16-9)7-2-1-3-8(4-7)17(24)25/h1-6,11,16H,(H,20,21)(H,22,23). The van der Waals surface area contributed by atoms with Crippen LogP contribution in [0.25, 0.3) is 0 Å². The van der Waals surface area contributed by atoms with E-state index >= 15 is 0 Å². The second kappa shape index (κ2) is 6.74. The van der Waals surface area contributed by atoms with Crippen molar-refractivity contribution < 1.29 is 34.3 Å². The first-order valence-corrected chi connectivity index (χ1v) is 6.68. The highest BCUT2D eigenvalue weighted by Crippen LogP contribution is 2.38. The maximum absolute atomic E-state index is 11.6. The number of nitrogens with one attached hydrogen (secondary N) is 1. The number of nitro groups is 1. The largest absolute Gasteiger partial charge is 0.478 e. The maximum Gasteiger partial charge on any atom is 0.334 e. The molecule has 0 fully saturated rings. The predicted molar refractivity (Wildman–Crippen MR) is 80.4 cm³/mol. The number of carbonyl (C=O) groups excluding carboxylic acids is 2. The predicted octanol–water partition coefficient (Wildman–Crippen LogP) is 0.357. The van der Waals surface area contributed by atoms with Crippen LogP contribution in [0.4, 0.5) is 5.69 Å². The third-order valence-corrected chi connectivity index (χ3v) is 3.54. The van der Waals surface area contributed by atoms with E-state index in [0.29, 0.717) is 0 Å². The fourth-order valence-corrected chi connectivity index (χ4v) is 2.55. The number of aliphatic carboxylic acids is 2. The molecule has 0 spiro atoms. The van der Waals surface area contributed by atoms with E-state index in [2.05, 4.69) is 5.32 Å². The fraction of sp³-hybridized carbons (Fsp3) is 0.0667. The third-order valence-electron chi connectivity index (χ3n) is 3.54. The van der Waals surface area contributed by atoms with Crippen molar-refractivity contribution >= 4 is 30.2 Å². The van der Waals surface area contributed by atoms with Crippen LogP contribution < -0.4 is 5.32 Å². The van der Waals surface area contributed by atoms with Crippen LogP contribution in [-0.2, 0) is 19.2 Å². The zero-order valence-corrected chi connectivity index (χ0v) is 12.3. The molecule has 1 aromatic carbocycles. The normalized spacial score (nSPS) is 14.7. The average molecular weight is 346 g/mol. The molecule has 3 N–H and O–H groups in total. The first-order chi connectivity index (χ1) is 11.8. The smallest absolute Gasteiger partial charge is 0.334 e. The van der Waals surface area contributed by atoms with Gasteiger partial charge in [0, 0.05) is 12.1 Å². The van der Waals surface area contributed by atoms with Gasteiger partial charge in [-0.15, -0.1) is 0 Å². The molecular formula is C15H10N2O8. The average Bonchev–Trinajstić information content (AvgIpc) is 2.59. The third kappa shape index (κ3) is 3.13. The van der Waals surface area contributed by atoms with Crippen molar-refractivity contribution in [2.24, 2.45) is 0 Å². The number of hydrogen-bond acceptors (Lipinski definition) is 7. The molecular weight excluding hydrogens is 336 g/mol.